The second-order valence-corrected chi connectivity index (χ2v) is 4.36. The Bertz CT molecular complexity index is 334. The summed E-state index contributed by atoms with van der Waals surface area (Å²) in [4.78, 5) is 0. The summed E-state index contributed by atoms with van der Waals surface area (Å²) in [5.41, 5.74) is 4.03. The van der Waals surface area contributed by atoms with Crippen molar-refractivity contribution >= 4 is 0 Å². The van der Waals surface area contributed by atoms with Crippen molar-refractivity contribution in [1.29, 1.82) is 0 Å². The number of hydrogen-bond acceptors (Lipinski definition) is 4. The van der Waals surface area contributed by atoms with Crippen LogP contribution in [0.3, 0.4) is 0 Å². The van der Waals surface area contributed by atoms with Gasteiger partial charge in [-0.25, -0.2) is 0 Å². The van der Waals surface area contributed by atoms with Crippen LogP contribution in [0.25, 0.3) is 0 Å². The Morgan fingerprint density at radius 2 is 2.24 bits per heavy atom. The van der Waals surface area contributed by atoms with Crippen LogP contribution in [0.1, 0.15) is 30.9 Å². The molecule has 4 nitrogen and oxygen atoms in total. The number of benzene rings is 1. The molecule has 0 spiro atoms. The second kappa shape index (κ2) is 6.00. The number of methoxy groups -OCH3 is 1. The van der Waals surface area contributed by atoms with Crippen molar-refractivity contribution in [2.75, 3.05) is 13.7 Å². The maximum atomic E-state index is 5.63. The van der Waals surface area contributed by atoms with Gasteiger partial charge >= 0.3 is 0 Å². The van der Waals surface area contributed by atoms with Crippen LogP contribution in [0.15, 0.2) is 24.3 Å². The minimum atomic E-state index is 0.143. The monoisotopic (exact) mass is 236 g/mol. The number of rotatable bonds is 5. The van der Waals surface area contributed by atoms with Gasteiger partial charge in [-0.15, -0.1) is 0 Å². The lowest BCUT2D eigenvalue weighted by Crippen LogP contribution is -2.30. The zero-order valence-electron chi connectivity index (χ0n) is 10.2. The van der Waals surface area contributed by atoms with E-state index >= 15 is 0 Å². The summed E-state index contributed by atoms with van der Waals surface area (Å²) >= 11 is 0. The molecular weight excluding hydrogens is 216 g/mol. The Hall–Kier alpha value is -1.10. The van der Waals surface area contributed by atoms with Crippen LogP contribution in [-0.2, 0) is 4.74 Å². The minimum absolute atomic E-state index is 0.143. The predicted molar refractivity (Wildman–Crippen MR) is 66.6 cm³/mol. The van der Waals surface area contributed by atoms with E-state index in [4.69, 9.17) is 15.3 Å². The normalized spacial score (nSPS) is 21.4. The highest BCUT2D eigenvalue weighted by molar-refractivity contribution is 5.29. The topological polar surface area (TPSA) is 56.5 Å². The largest absolute Gasteiger partial charge is 0.497 e. The van der Waals surface area contributed by atoms with E-state index in [1.807, 2.05) is 24.3 Å². The van der Waals surface area contributed by atoms with E-state index in [2.05, 4.69) is 5.43 Å². The summed E-state index contributed by atoms with van der Waals surface area (Å²) in [6, 6.07) is 8.13. The number of nitrogens with two attached hydrogens (primary N) is 1. The van der Waals surface area contributed by atoms with Gasteiger partial charge in [-0.2, -0.15) is 0 Å². The van der Waals surface area contributed by atoms with E-state index in [9.17, 15) is 0 Å². The second-order valence-electron chi connectivity index (χ2n) is 4.36. The van der Waals surface area contributed by atoms with Crippen molar-refractivity contribution in [3.05, 3.63) is 29.8 Å². The van der Waals surface area contributed by atoms with Crippen LogP contribution >= 0.6 is 0 Å². The molecule has 1 aromatic rings. The van der Waals surface area contributed by atoms with Crippen LogP contribution < -0.4 is 16.0 Å². The molecular formula is C13H20N2O2. The van der Waals surface area contributed by atoms with Gasteiger partial charge in [0, 0.05) is 12.6 Å². The van der Waals surface area contributed by atoms with Crippen LogP contribution in [0, 0.1) is 0 Å². The molecule has 0 radical (unpaired) electrons. The fourth-order valence-corrected chi connectivity index (χ4v) is 2.23. The van der Waals surface area contributed by atoms with E-state index in [0.717, 1.165) is 31.6 Å². The van der Waals surface area contributed by atoms with Crippen LogP contribution in [-0.4, -0.2) is 19.8 Å². The molecule has 1 saturated heterocycles. The first kappa shape index (κ1) is 12.4. The molecule has 17 heavy (non-hydrogen) atoms. The molecule has 1 heterocycles. The Labute approximate surface area is 102 Å². The molecule has 3 N–H and O–H groups in total. The average molecular weight is 236 g/mol. The lowest BCUT2D eigenvalue weighted by atomic mass is 10.00. The highest BCUT2D eigenvalue weighted by Gasteiger charge is 2.21. The molecule has 0 amide bonds. The molecule has 0 bridgehead atoms. The lowest BCUT2D eigenvalue weighted by Gasteiger charge is -2.20. The molecule has 94 valence electrons. The molecule has 0 aromatic heterocycles. The first-order valence-corrected chi connectivity index (χ1v) is 6.05. The molecule has 2 unspecified atom stereocenters. The molecule has 2 rings (SSSR count). The quantitative estimate of drug-likeness (QED) is 0.604. The summed E-state index contributed by atoms with van der Waals surface area (Å²) in [6.45, 7) is 0.880. The maximum Gasteiger partial charge on any atom is 0.118 e. The zero-order valence-corrected chi connectivity index (χ0v) is 10.2. The number of hydrogen-bond donors (Lipinski definition) is 2. The van der Waals surface area contributed by atoms with E-state index < -0.39 is 0 Å². The van der Waals surface area contributed by atoms with Gasteiger partial charge in [0.05, 0.1) is 13.2 Å². The first-order chi connectivity index (χ1) is 8.33. The fraction of sp³-hybridized carbons (Fsp3) is 0.538. The Kier molecular flexibility index (Phi) is 4.36. The van der Waals surface area contributed by atoms with Gasteiger partial charge in [-0.3, -0.25) is 11.3 Å². The standard InChI is InChI=1S/C13H20N2O2/c1-16-11-6-4-10(5-7-11)13(15-14)9-12-3-2-8-17-12/h4-7,12-13,15H,2-3,8-9,14H2,1H3. The zero-order chi connectivity index (χ0) is 12.1. The third-order valence-corrected chi connectivity index (χ3v) is 3.24. The van der Waals surface area contributed by atoms with E-state index in [1.54, 1.807) is 7.11 Å². The lowest BCUT2D eigenvalue weighted by molar-refractivity contribution is 0.0946. The molecule has 2 atom stereocenters. The van der Waals surface area contributed by atoms with Gasteiger partial charge in [-0.1, -0.05) is 12.1 Å². The summed E-state index contributed by atoms with van der Waals surface area (Å²) in [7, 11) is 1.67. The van der Waals surface area contributed by atoms with Crippen LogP contribution in [0.2, 0.25) is 0 Å². The van der Waals surface area contributed by atoms with E-state index in [1.165, 1.54) is 5.56 Å². The third-order valence-electron chi connectivity index (χ3n) is 3.24. The molecule has 1 fully saturated rings. The van der Waals surface area contributed by atoms with Crippen molar-refractivity contribution < 1.29 is 9.47 Å². The highest BCUT2D eigenvalue weighted by Crippen LogP contribution is 2.25. The van der Waals surface area contributed by atoms with Crippen molar-refractivity contribution in [2.45, 2.75) is 31.4 Å². The van der Waals surface area contributed by atoms with Gasteiger partial charge in [0.2, 0.25) is 0 Å². The molecule has 1 aliphatic rings. The SMILES string of the molecule is COc1ccc(C(CC2CCCO2)NN)cc1. The Balaban J connectivity index is 2.00. The molecule has 0 aliphatic carbocycles. The summed E-state index contributed by atoms with van der Waals surface area (Å²) in [5, 5.41) is 0. The van der Waals surface area contributed by atoms with Gasteiger partial charge in [0.1, 0.15) is 5.75 Å². The van der Waals surface area contributed by atoms with Gasteiger partial charge < -0.3 is 9.47 Å². The molecule has 1 aromatic carbocycles. The molecule has 4 heteroatoms. The van der Waals surface area contributed by atoms with Crippen LogP contribution in [0.4, 0.5) is 0 Å². The fourth-order valence-electron chi connectivity index (χ4n) is 2.23. The van der Waals surface area contributed by atoms with Crippen molar-refractivity contribution in [1.82, 2.24) is 5.43 Å². The van der Waals surface area contributed by atoms with Crippen molar-refractivity contribution in [3.8, 4) is 5.75 Å². The van der Waals surface area contributed by atoms with Crippen molar-refractivity contribution in [3.63, 3.8) is 0 Å². The average Bonchev–Trinajstić information content (AvgIpc) is 2.89. The summed E-state index contributed by atoms with van der Waals surface area (Å²) < 4.78 is 10.8. The molecule has 0 saturated carbocycles. The van der Waals surface area contributed by atoms with Gasteiger partial charge in [0.25, 0.3) is 0 Å². The minimum Gasteiger partial charge on any atom is -0.497 e. The predicted octanol–water partition coefficient (Wildman–Crippen LogP) is 1.77. The van der Waals surface area contributed by atoms with Gasteiger partial charge in [0.15, 0.2) is 0 Å². The summed E-state index contributed by atoms with van der Waals surface area (Å²) in [6.07, 6.45) is 3.54. The van der Waals surface area contributed by atoms with E-state index in [-0.39, 0.29) is 6.04 Å². The smallest absolute Gasteiger partial charge is 0.118 e. The summed E-state index contributed by atoms with van der Waals surface area (Å²) in [5.74, 6) is 6.48. The number of ether oxygens (including phenoxy) is 2. The Morgan fingerprint density at radius 3 is 2.76 bits per heavy atom. The van der Waals surface area contributed by atoms with Crippen molar-refractivity contribution in [2.24, 2.45) is 5.84 Å². The first-order valence-electron chi connectivity index (χ1n) is 6.05. The van der Waals surface area contributed by atoms with Gasteiger partial charge in [-0.05, 0) is 37.0 Å². The van der Waals surface area contributed by atoms with E-state index in [0.29, 0.717) is 6.10 Å². The number of hydrazine groups is 1. The third kappa shape index (κ3) is 3.19. The highest BCUT2D eigenvalue weighted by atomic mass is 16.5. The molecule has 1 aliphatic heterocycles. The maximum absolute atomic E-state index is 5.63. The Morgan fingerprint density at radius 1 is 1.47 bits per heavy atom. The van der Waals surface area contributed by atoms with Crippen LogP contribution in [0.5, 0.6) is 5.75 Å². The number of nitrogens with one attached hydrogen (secondary N) is 1.